The standard InChI is InChI=1S/C26H25N5O4.C4H10/c1-15-4-11-23(27-13-15)30-25(34)19-7-5-18(6-8-19)14-31-16(2)24(33)29-22-12-20(28-17(3)32)9-10-21(22)26(31)35;1-3-4-2/h4-13,16H,14H2,1-3H3,(H,28,32)(H,29,33)(H,27,30,34);3-4H2,1-2H3. The average molecular weight is 530 g/mol. The Morgan fingerprint density at radius 2 is 1.67 bits per heavy atom. The molecule has 1 unspecified atom stereocenters. The van der Waals surface area contributed by atoms with Crippen molar-refractivity contribution in [2.45, 2.75) is 60.0 Å². The minimum atomic E-state index is -0.727. The van der Waals surface area contributed by atoms with Crippen molar-refractivity contribution in [3.63, 3.8) is 0 Å². The summed E-state index contributed by atoms with van der Waals surface area (Å²) in [5.74, 6) is -0.736. The third-order valence-electron chi connectivity index (χ3n) is 6.16. The van der Waals surface area contributed by atoms with Crippen molar-refractivity contribution < 1.29 is 19.2 Å². The van der Waals surface area contributed by atoms with Gasteiger partial charge in [0.2, 0.25) is 11.8 Å². The van der Waals surface area contributed by atoms with E-state index in [2.05, 4.69) is 34.8 Å². The van der Waals surface area contributed by atoms with E-state index < -0.39 is 6.04 Å². The van der Waals surface area contributed by atoms with Crippen LogP contribution in [0.3, 0.4) is 0 Å². The predicted octanol–water partition coefficient (Wildman–Crippen LogP) is 5.39. The molecule has 9 heteroatoms. The van der Waals surface area contributed by atoms with E-state index in [1.54, 1.807) is 61.7 Å². The van der Waals surface area contributed by atoms with Gasteiger partial charge in [-0.25, -0.2) is 4.98 Å². The number of fused-ring (bicyclic) bond motifs is 1. The molecule has 3 aromatic rings. The van der Waals surface area contributed by atoms with Gasteiger partial charge >= 0.3 is 0 Å². The number of hydrogen-bond acceptors (Lipinski definition) is 5. The van der Waals surface area contributed by atoms with E-state index in [1.807, 2.05) is 13.0 Å². The maximum absolute atomic E-state index is 13.3. The van der Waals surface area contributed by atoms with Crippen molar-refractivity contribution >= 4 is 40.8 Å². The lowest BCUT2D eigenvalue weighted by molar-refractivity contribution is -0.120. The molecule has 0 spiro atoms. The Morgan fingerprint density at radius 1 is 0.974 bits per heavy atom. The van der Waals surface area contributed by atoms with Crippen molar-refractivity contribution in [1.29, 1.82) is 0 Å². The van der Waals surface area contributed by atoms with Crippen LogP contribution in [0.1, 0.15) is 72.4 Å². The first kappa shape index (κ1) is 29.0. The molecule has 0 aliphatic carbocycles. The van der Waals surface area contributed by atoms with Gasteiger partial charge < -0.3 is 20.9 Å². The van der Waals surface area contributed by atoms with Gasteiger partial charge in [0.25, 0.3) is 11.8 Å². The summed E-state index contributed by atoms with van der Waals surface area (Å²) in [6.07, 6.45) is 4.31. The first-order valence-corrected chi connectivity index (χ1v) is 13.0. The zero-order valence-corrected chi connectivity index (χ0v) is 23.0. The lowest BCUT2D eigenvalue weighted by atomic mass is 10.1. The zero-order valence-electron chi connectivity index (χ0n) is 23.0. The van der Waals surface area contributed by atoms with Crippen molar-refractivity contribution in [2.75, 3.05) is 16.0 Å². The SMILES string of the molecule is CC(=O)Nc1ccc2c(c1)NC(=O)C(C)N(Cc1ccc(C(=O)Nc3ccc(C)cn3)cc1)C2=O.CCCC. The highest BCUT2D eigenvalue weighted by Gasteiger charge is 2.32. The highest BCUT2D eigenvalue weighted by Crippen LogP contribution is 2.28. The molecular formula is C30H35N5O4. The molecule has 39 heavy (non-hydrogen) atoms. The number of pyridine rings is 1. The van der Waals surface area contributed by atoms with Crippen LogP contribution in [-0.4, -0.2) is 39.6 Å². The minimum absolute atomic E-state index is 0.182. The number of rotatable bonds is 6. The minimum Gasteiger partial charge on any atom is -0.326 e. The lowest BCUT2D eigenvalue weighted by Gasteiger charge is -2.26. The zero-order chi connectivity index (χ0) is 28.5. The number of benzene rings is 2. The third kappa shape index (κ3) is 7.73. The molecule has 1 aliphatic rings. The second-order valence-electron chi connectivity index (χ2n) is 9.41. The van der Waals surface area contributed by atoms with Crippen molar-refractivity contribution in [1.82, 2.24) is 9.88 Å². The molecule has 0 bridgehead atoms. The van der Waals surface area contributed by atoms with Gasteiger partial charge in [-0.3, -0.25) is 19.2 Å². The van der Waals surface area contributed by atoms with Crippen LogP contribution >= 0.6 is 0 Å². The Morgan fingerprint density at radius 3 is 2.26 bits per heavy atom. The number of carbonyl (C=O) groups excluding carboxylic acids is 4. The van der Waals surface area contributed by atoms with Crippen molar-refractivity contribution in [3.05, 3.63) is 83.0 Å². The molecule has 1 atom stereocenters. The molecule has 0 saturated carbocycles. The van der Waals surface area contributed by atoms with Crippen molar-refractivity contribution in [2.24, 2.45) is 0 Å². The van der Waals surface area contributed by atoms with E-state index in [1.165, 1.54) is 24.7 Å². The molecule has 2 heterocycles. The Labute approximate surface area is 229 Å². The smallest absolute Gasteiger partial charge is 0.256 e. The monoisotopic (exact) mass is 529 g/mol. The molecular weight excluding hydrogens is 494 g/mol. The van der Waals surface area contributed by atoms with Gasteiger partial charge in [-0.2, -0.15) is 0 Å². The first-order valence-electron chi connectivity index (χ1n) is 13.0. The molecule has 3 N–H and O–H groups in total. The van der Waals surface area contributed by atoms with Crippen LogP contribution in [0.25, 0.3) is 0 Å². The van der Waals surface area contributed by atoms with Crippen LogP contribution in [0.5, 0.6) is 0 Å². The number of hydrogen-bond donors (Lipinski definition) is 3. The summed E-state index contributed by atoms with van der Waals surface area (Å²) in [7, 11) is 0. The molecule has 204 valence electrons. The summed E-state index contributed by atoms with van der Waals surface area (Å²) in [5, 5.41) is 8.17. The Bertz CT molecular complexity index is 1330. The number of nitrogens with zero attached hydrogens (tertiary/aromatic N) is 2. The maximum Gasteiger partial charge on any atom is 0.256 e. The highest BCUT2D eigenvalue weighted by molar-refractivity contribution is 6.10. The normalized spacial score (nSPS) is 14.3. The average Bonchev–Trinajstić information content (AvgIpc) is 3.00. The van der Waals surface area contributed by atoms with Crippen LogP contribution < -0.4 is 16.0 Å². The number of carbonyl (C=O) groups is 4. The molecule has 4 amide bonds. The van der Waals surface area contributed by atoms with Crippen LogP contribution in [-0.2, 0) is 16.1 Å². The van der Waals surface area contributed by atoms with E-state index in [9.17, 15) is 19.2 Å². The van der Waals surface area contributed by atoms with Gasteiger partial charge in [-0.15, -0.1) is 0 Å². The number of unbranched alkanes of at least 4 members (excludes halogenated alkanes) is 1. The van der Waals surface area contributed by atoms with Crippen LogP contribution in [0.15, 0.2) is 60.8 Å². The van der Waals surface area contributed by atoms with Gasteiger partial charge in [0.1, 0.15) is 11.9 Å². The van der Waals surface area contributed by atoms with Gasteiger partial charge in [0.15, 0.2) is 0 Å². The summed E-state index contributed by atoms with van der Waals surface area (Å²) < 4.78 is 0. The molecule has 0 radical (unpaired) electrons. The number of anilines is 3. The van der Waals surface area contributed by atoms with E-state index in [-0.39, 0.29) is 30.2 Å². The molecule has 4 rings (SSSR count). The quantitative estimate of drug-likeness (QED) is 0.395. The molecule has 1 aliphatic heterocycles. The number of aromatic nitrogens is 1. The third-order valence-corrected chi connectivity index (χ3v) is 6.16. The molecule has 0 fully saturated rings. The topological polar surface area (TPSA) is 120 Å². The van der Waals surface area contributed by atoms with E-state index >= 15 is 0 Å². The molecule has 0 saturated heterocycles. The van der Waals surface area contributed by atoms with Gasteiger partial charge in [-0.05, 0) is 61.4 Å². The van der Waals surface area contributed by atoms with E-state index in [0.717, 1.165) is 11.1 Å². The summed E-state index contributed by atoms with van der Waals surface area (Å²) in [6.45, 7) is 9.50. The molecule has 9 nitrogen and oxygen atoms in total. The fraction of sp³-hybridized carbons (Fsp3) is 0.300. The number of nitrogens with one attached hydrogen (secondary N) is 3. The van der Waals surface area contributed by atoms with Gasteiger partial charge in [0, 0.05) is 30.9 Å². The van der Waals surface area contributed by atoms with Gasteiger partial charge in [0.05, 0.1) is 11.3 Å². The van der Waals surface area contributed by atoms with Gasteiger partial charge in [-0.1, -0.05) is 44.9 Å². The number of amides is 4. The van der Waals surface area contributed by atoms with Crippen molar-refractivity contribution in [3.8, 4) is 0 Å². The summed E-state index contributed by atoms with van der Waals surface area (Å²) in [4.78, 5) is 55.6. The summed E-state index contributed by atoms with van der Waals surface area (Å²) in [6, 6.07) is 14.5. The van der Waals surface area contributed by atoms with Crippen LogP contribution in [0, 0.1) is 6.92 Å². The fourth-order valence-electron chi connectivity index (χ4n) is 3.72. The molecule has 1 aromatic heterocycles. The van der Waals surface area contributed by atoms with E-state index in [0.29, 0.717) is 28.3 Å². The predicted molar refractivity (Wildman–Crippen MR) is 153 cm³/mol. The highest BCUT2D eigenvalue weighted by atomic mass is 16.2. The maximum atomic E-state index is 13.3. The second kappa shape index (κ2) is 13.3. The van der Waals surface area contributed by atoms with E-state index in [4.69, 9.17) is 0 Å². The first-order chi connectivity index (χ1) is 18.6. The Balaban J connectivity index is 0.000000983. The molecule has 2 aromatic carbocycles. The summed E-state index contributed by atoms with van der Waals surface area (Å²) in [5.41, 5.74) is 3.37. The fourth-order valence-corrected chi connectivity index (χ4v) is 3.72. The second-order valence-corrected chi connectivity index (χ2v) is 9.41. The Hall–Kier alpha value is -4.53. The number of aryl methyl sites for hydroxylation is 1. The van der Waals surface area contributed by atoms with Crippen LogP contribution in [0.4, 0.5) is 17.2 Å². The summed E-state index contributed by atoms with van der Waals surface area (Å²) >= 11 is 0. The largest absolute Gasteiger partial charge is 0.326 e. The van der Waals surface area contributed by atoms with Crippen LogP contribution in [0.2, 0.25) is 0 Å². The lowest BCUT2D eigenvalue weighted by Crippen LogP contribution is -2.42. The Kier molecular flexibility index (Phi) is 9.92.